The Bertz CT molecular complexity index is 394. The first-order valence-electron chi connectivity index (χ1n) is 7.08. The molecule has 0 aliphatic carbocycles. The van der Waals surface area contributed by atoms with E-state index in [1.165, 1.54) is 0 Å². The summed E-state index contributed by atoms with van der Waals surface area (Å²) in [7, 11) is 0. The SMILES string of the molecule is CCOc1ccc(NC(=O)OCCN(CC)CC)cc1.Cl. The lowest BCUT2D eigenvalue weighted by Gasteiger charge is -2.17. The summed E-state index contributed by atoms with van der Waals surface area (Å²) in [6.45, 7) is 9.79. The molecule has 0 radical (unpaired) electrons. The molecule has 1 aromatic rings. The molecule has 0 heterocycles. The highest BCUT2D eigenvalue weighted by Gasteiger charge is 2.05. The van der Waals surface area contributed by atoms with Crippen LogP contribution in [0.2, 0.25) is 0 Å². The van der Waals surface area contributed by atoms with Gasteiger partial charge in [-0.15, -0.1) is 12.4 Å². The monoisotopic (exact) mass is 316 g/mol. The molecule has 0 spiro atoms. The number of nitrogens with zero attached hydrogens (tertiary/aromatic N) is 1. The molecule has 0 aromatic heterocycles. The second-order valence-electron chi connectivity index (χ2n) is 4.25. The van der Waals surface area contributed by atoms with E-state index in [9.17, 15) is 4.79 Å². The van der Waals surface area contributed by atoms with Crippen LogP contribution in [-0.4, -0.2) is 43.8 Å². The summed E-state index contributed by atoms with van der Waals surface area (Å²) >= 11 is 0. The topological polar surface area (TPSA) is 50.8 Å². The Balaban J connectivity index is 0.00000400. The first-order valence-corrected chi connectivity index (χ1v) is 7.08. The molecule has 0 fully saturated rings. The molecule has 5 nitrogen and oxygen atoms in total. The highest BCUT2D eigenvalue weighted by Crippen LogP contribution is 2.15. The van der Waals surface area contributed by atoms with E-state index in [-0.39, 0.29) is 12.4 Å². The molecular formula is C15H25ClN2O3. The van der Waals surface area contributed by atoms with Crippen LogP contribution in [0.5, 0.6) is 5.75 Å². The zero-order valence-electron chi connectivity index (χ0n) is 12.9. The van der Waals surface area contributed by atoms with E-state index < -0.39 is 6.09 Å². The minimum atomic E-state index is -0.429. The molecule has 120 valence electrons. The minimum Gasteiger partial charge on any atom is -0.494 e. The van der Waals surface area contributed by atoms with E-state index in [2.05, 4.69) is 24.1 Å². The van der Waals surface area contributed by atoms with Gasteiger partial charge < -0.3 is 14.4 Å². The predicted molar refractivity (Wildman–Crippen MR) is 87.6 cm³/mol. The standard InChI is InChI=1S/C15H24N2O3.ClH/c1-4-17(5-2)11-12-20-15(18)16-13-7-9-14(10-8-13)19-6-3;/h7-10H,4-6,11-12H2,1-3H3,(H,16,18);1H. The summed E-state index contributed by atoms with van der Waals surface area (Å²) in [5.74, 6) is 0.785. The number of halogens is 1. The van der Waals surface area contributed by atoms with Gasteiger partial charge in [0.2, 0.25) is 0 Å². The van der Waals surface area contributed by atoms with Crippen molar-refractivity contribution in [3.63, 3.8) is 0 Å². The van der Waals surface area contributed by atoms with E-state index in [0.29, 0.717) is 18.9 Å². The van der Waals surface area contributed by atoms with Crippen LogP contribution in [0.4, 0.5) is 10.5 Å². The smallest absolute Gasteiger partial charge is 0.411 e. The Morgan fingerprint density at radius 1 is 1.14 bits per heavy atom. The lowest BCUT2D eigenvalue weighted by Crippen LogP contribution is -2.28. The van der Waals surface area contributed by atoms with Crippen molar-refractivity contribution in [2.45, 2.75) is 20.8 Å². The summed E-state index contributed by atoms with van der Waals surface area (Å²) in [5, 5.41) is 2.69. The number of amides is 1. The van der Waals surface area contributed by atoms with Crippen molar-refractivity contribution in [3.8, 4) is 5.75 Å². The number of hydrogen-bond donors (Lipinski definition) is 1. The first-order chi connectivity index (χ1) is 9.69. The summed E-state index contributed by atoms with van der Waals surface area (Å²) < 4.78 is 10.5. The molecule has 0 aliphatic rings. The molecule has 1 amide bonds. The van der Waals surface area contributed by atoms with E-state index in [0.717, 1.165) is 25.4 Å². The maximum atomic E-state index is 11.6. The van der Waals surface area contributed by atoms with Gasteiger partial charge in [-0.05, 0) is 44.3 Å². The van der Waals surface area contributed by atoms with Gasteiger partial charge in [0.1, 0.15) is 12.4 Å². The number of ether oxygens (including phenoxy) is 2. The van der Waals surface area contributed by atoms with Gasteiger partial charge in [0.05, 0.1) is 6.61 Å². The van der Waals surface area contributed by atoms with Crippen molar-refractivity contribution in [3.05, 3.63) is 24.3 Å². The van der Waals surface area contributed by atoms with Crippen molar-refractivity contribution in [1.29, 1.82) is 0 Å². The second kappa shape index (κ2) is 11.2. The lowest BCUT2D eigenvalue weighted by atomic mass is 10.3. The van der Waals surface area contributed by atoms with Crippen molar-refractivity contribution < 1.29 is 14.3 Å². The second-order valence-corrected chi connectivity index (χ2v) is 4.25. The van der Waals surface area contributed by atoms with Crippen LogP contribution in [0.15, 0.2) is 24.3 Å². The van der Waals surface area contributed by atoms with Crippen LogP contribution in [0, 0.1) is 0 Å². The van der Waals surface area contributed by atoms with Crippen LogP contribution in [0.1, 0.15) is 20.8 Å². The quantitative estimate of drug-likeness (QED) is 0.798. The number of carbonyl (C=O) groups is 1. The summed E-state index contributed by atoms with van der Waals surface area (Å²) in [4.78, 5) is 13.8. The number of nitrogens with one attached hydrogen (secondary N) is 1. The van der Waals surface area contributed by atoms with Gasteiger partial charge in [0, 0.05) is 12.2 Å². The largest absolute Gasteiger partial charge is 0.494 e. The van der Waals surface area contributed by atoms with E-state index >= 15 is 0 Å². The highest BCUT2D eigenvalue weighted by atomic mass is 35.5. The Morgan fingerprint density at radius 3 is 2.29 bits per heavy atom. The molecule has 1 rings (SSSR count). The highest BCUT2D eigenvalue weighted by molar-refractivity contribution is 5.85. The molecule has 21 heavy (non-hydrogen) atoms. The fourth-order valence-corrected chi connectivity index (χ4v) is 1.76. The maximum Gasteiger partial charge on any atom is 0.411 e. The molecule has 0 atom stereocenters. The Hall–Kier alpha value is -1.46. The van der Waals surface area contributed by atoms with Crippen LogP contribution < -0.4 is 10.1 Å². The Kier molecular flexibility index (Phi) is 10.4. The van der Waals surface area contributed by atoms with E-state index in [1.54, 1.807) is 12.1 Å². The number of rotatable bonds is 8. The summed E-state index contributed by atoms with van der Waals surface area (Å²) in [5.41, 5.74) is 0.696. The van der Waals surface area contributed by atoms with Crippen molar-refractivity contribution in [2.75, 3.05) is 38.2 Å². The average molecular weight is 317 g/mol. The average Bonchev–Trinajstić information content (AvgIpc) is 2.46. The first kappa shape index (κ1) is 19.5. The normalized spacial score (nSPS) is 9.90. The molecule has 0 saturated carbocycles. The van der Waals surface area contributed by atoms with Crippen LogP contribution >= 0.6 is 12.4 Å². The molecule has 0 unspecified atom stereocenters. The third-order valence-electron chi connectivity index (χ3n) is 2.95. The fraction of sp³-hybridized carbons (Fsp3) is 0.533. The number of likely N-dealkylation sites (N-methyl/N-ethyl adjacent to an activating group) is 1. The number of anilines is 1. The van der Waals surface area contributed by atoms with Gasteiger partial charge in [-0.2, -0.15) is 0 Å². The zero-order valence-corrected chi connectivity index (χ0v) is 13.7. The maximum absolute atomic E-state index is 11.6. The van der Waals surface area contributed by atoms with E-state index in [4.69, 9.17) is 9.47 Å². The summed E-state index contributed by atoms with van der Waals surface area (Å²) in [6, 6.07) is 7.21. The van der Waals surface area contributed by atoms with Gasteiger partial charge in [0.25, 0.3) is 0 Å². The molecule has 1 aromatic carbocycles. The van der Waals surface area contributed by atoms with Crippen LogP contribution in [-0.2, 0) is 4.74 Å². The molecular weight excluding hydrogens is 292 g/mol. The third-order valence-corrected chi connectivity index (χ3v) is 2.95. The summed E-state index contributed by atoms with van der Waals surface area (Å²) in [6.07, 6.45) is -0.429. The fourth-order valence-electron chi connectivity index (χ4n) is 1.76. The van der Waals surface area contributed by atoms with Gasteiger partial charge in [-0.3, -0.25) is 5.32 Å². The Labute approximate surface area is 133 Å². The van der Waals surface area contributed by atoms with Gasteiger partial charge in [-0.1, -0.05) is 13.8 Å². The molecule has 0 bridgehead atoms. The van der Waals surface area contributed by atoms with Crippen LogP contribution in [0.25, 0.3) is 0 Å². The molecule has 1 N–H and O–H groups in total. The van der Waals surface area contributed by atoms with Crippen molar-refractivity contribution in [1.82, 2.24) is 4.90 Å². The molecule has 0 aliphatic heterocycles. The van der Waals surface area contributed by atoms with Gasteiger partial charge in [-0.25, -0.2) is 4.79 Å². The third kappa shape index (κ3) is 7.78. The van der Waals surface area contributed by atoms with Crippen LogP contribution in [0.3, 0.4) is 0 Å². The van der Waals surface area contributed by atoms with Crippen molar-refractivity contribution >= 4 is 24.2 Å². The number of hydrogen-bond acceptors (Lipinski definition) is 4. The van der Waals surface area contributed by atoms with Gasteiger partial charge >= 0.3 is 6.09 Å². The van der Waals surface area contributed by atoms with Gasteiger partial charge in [0.15, 0.2) is 0 Å². The Morgan fingerprint density at radius 2 is 1.76 bits per heavy atom. The number of carbonyl (C=O) groups excluding carboxylic acids is 1. The minimum absolute atomic E-state index is 0. The molecule has 0 saturated heterocycles. The molecule has 6 heteroatoms. The number of benzene rings is 1. The van der Waals surface area contributed by atoms with Crippen molar-refractivity contribution in [2.24, 2.45) is 0 Å². The predicted octanol–water partition coefficient (Wildman–Crippen LogP) is 3.40. The lowest BCUT2D eigenvalue weighted by molar-refractivity contribution is 0.142. The zero-order chi connectivity index (χ0) is 14.8. The van der Waals surface area contributed by atoms with E-state index in [1.807, 2.05) is 19.1 Å².